The first-order valence-electron chi connectivity index (χ1n) is 6.36. The van der Waals surface area contributed by atoms with Gasteiger partial charge in [-0.1, -0.05) is 27.7 Å². The van der Waals surface area contributed by atoms with E-state index in [0.29, 0.717) is 18.5 Å². The van der Waals surface area contributed by atoms with Gasteiger partial charge in [0.05, 0.1) is 0 Å². The average Bonchev–Trinajstić information content (AvgIpc) is 2.65. The number of nitrogens with two attached hydrogens (primary N) is 1. The van der Waals surface area contributed by atoms with Crippen molar-refractivity contribution in [3.05, 3.63) is 21.9 Å². The predicted molar refractivity (Wildman–Crippen MR) is 77.8 cm³/mol. The fraction of sp³-hybridized carbons (Fsp3) is 0.714. The van der Waals surface area contributed by atoms with Gasteiger partial charge < -0.3 is 11.1 Å². The molecule has 2 nitrogen and oxygen atoms in total. The van der Waals surface area contributed by atoms with Gasteiger partial charge in [-0.25, -0.2) is 0 Å². The molecule has 98 valence electrons. The Morgan fingerprint density at radius 3 is 2.47 bits per heavy atom. The maximum absolute atomic E-state index is 5.79. The van der Waals surface area contributed by atoms with E-state index >= 15 is 0 Å². The molecule has 0 aromatic carbocycles. The minimum atomic E-state index is 0.181. The molecule has 0 fully saturated rings. The highest BCUT2D eigenvalue weighted by molar-refractivity contribution is 7.10. The quantitative estimate of drug-likeness (QED) is 0.819. The van der Waals surface area contributed by atoms with Gasteiger partial charge in [-0.05, 0) is 29.9 Å². The molecule has 3 heteroatoms. The van der Waals surface area contributed by atoms with Crippen molar-refractivity contribution in [3.63, 3.8) is 0 Å². The average molecular weight is 254 g/mol. The summed E-state index contributed by atoms with van der Waals surface area (Å²) < 4.78 is 0. The summed E-state index contributed by atoms with van der Waals surface area (Å²) in [6, 6.07) is 2.61. The zero-order chi connectivity index (χ0) is 13.1. The van der Waals surface area contributed by atoms with Crippen LogP contribution in [0, 0.1) is 12.8 Å². The topological polar surface area (TPSA) is 38.0 Å². The van der Waals surface area contributed by atoms with E-state index in [1.54, 1.807) is 0 Å². The fourth-order valence-corrected chi connectivity index (χ4v) is 3.18. The van der Waals surface area contributed by atoms with Crippen LogP contribution in [0.5, 0.6) is 0 Å². The lowest BCUT2D eigenvalue weighted by atomic mass is 9.88. The van der Waals surface area contributed by atoms with Gasteiger partial charge in [0.25, 0.3) is 0 Å². The molecular weight excluding hydrogens is 228 g/mol. The third-order valence-electron chi connectivity index (χ3n) is 3.34. The molecule has 1 aromatic heterocycles. The van der Waals surface area contributed by atoms with Gasteiger partial charge in [-0.3, -0.25) is 0 Å². The van der Waals surface area contributed by atoms with Crippen LogP contribution in [-0.2, 0) is 5.41 Å². The number of hydrogen-bond acceptors (Lipinski definition) is 3. The van der Waals surface area contributed by atoms with Crippen LogP contribution in [0.15, 0.2) is 11.4 Å². The largest absolute Gasteiger partial charge is 0.329 e. The molecule has 0 saturated heterocycles. The fourth-order valence-electron chi connectivity index (χ4n) is 2.12. The van der Waals surface area contributed by atoms with E-state index in [2.05, 4.69) is 51.4 Å². The van der Waals surface area contributed by atoms with E-state index in [-0.39, 0.29) is 5.41 Å². The molecule has 0 radical (unpaired) electrons. The van der Waals surface area contributed by atoms with Crippen LogP contribution in [0.4, 0.5) is 0 Å². The Kier molecular flexibility index (Phi) is 5.17. The molecule has 1 heterocycles. The molecule has 0 aliphatic carbocycles. The van der Waals surface area contributed by atoms with Crippen molar-refractivity contribution in [1.29, 1.82) is 0 Å². The Labute approximate surface area is 110 Å². The lowest BCUT2D eigenvalue weighted by Crippen LogP contribution is -2.45. The summed E-state index contributed by atoms with van der Waals surface area (Å²) in [6.07, 6.45) is 0. The lowest BCUT2D eigenvalue weighted by molar-refractivity contribution is 0.362. The third kappa shape index (κ3) is 3.80. The van der Waals surface area contributed by atoms with Crippen LogP contribution in [0.3, 0.4) is 0 Å². The monoisotopic (exact) mass is 254 g/mol. The molecule has 1 rings (SSSR count). The first kappa shape index (κ1) is 14.7. The number of rotatable bonds is 6. The smallest absolute Gasteiger partial charge is 0.0213 e. The van der Waals surface area contributed by atoms with E-state index in [1.165, 1.54) is 10.4 Å². The van der Waals surface area contributed by atoms with Gasteiger partial charge in [0.15, 0.2) is 0 Å². The van der Waals surface area contributed by atoms with Gasteiger partial charge in [0.2, 0.25) is 0 Å². The van der Waals surface area contributed by atoms with Crippen molar-refractivity contribution in [1.82, 2.24) is 5.32 Å². The standard InChI is InChI=1S/C14H26N2S/c1-10(2)12(8-15)16-9-14(4,5)13-11(3)6-7-17-13/h6-7,10,12,16H,8-9,15H2,1-5H3. The zero-order valence-corrected chi connectivity index (χ0v) is 12.5. The molecule has 1 unspecified atom stereocenters. The molecule has 0 saturated carbocycles. The Balaban J connectivity index is 2.64. The van der Waals surface area contributed by atoms with Crippen molar-refractivity contribution in [2.45, 2.75) is 46.1 Å². The minimum absolute atomic E-state index is 0.181. The molecule has 0 aliphatic rings. The summed E-state index contributed by atoms with van der Waals surface area (Å²) in [5.74, 6) is 0.584. The van der Waals surface area contributed by atoms with E-state index < -0.39 is 0 Å². The summed E-state index contributed by atoms with van der Waals surface area (Å²) in [5.41, 5.74) is 7.37. The third-order valence-corrected chi connectivity index (χ3v) is 4.72. The Morgan fingerprint density at radius 1 is 1.41 bits per heavy atom. The van der Waals surface area contributed by atoms with Gasteiger partial charge in [-0.2, -0.15) is 0 Å². The van der Waals surface area contributed by atoms with Crippen LogP contribution >= 0.6 is 11.3 Å². The second kappa shape index (κ2) is 5.98. The van der Waals surface area contributed by atoms with Crippen LogP contribution in [0.2, 0.25) is 0 Å². The number of hydrogen-bond donors (Lipinski definition) is 2. The summed E-state index contributed by atoms with van der Waals surface area (Å²) in [5, 5.41) is 5.78. The van der Waals surface area contributed by atoms with Crippen molar-refractivity contribution in [3.8, 4) is 0 Å². The molecule has 0 spiro atoms. The molecule has 3 N–H and O–H groups in total. The van der Waals surface area contributed by atoms with Crippen molar-refractivity contribution in [2.24, 2.45) is 11.7 Å². The predicted octanol–water partition coefficient (Wildman–Crippen LogP) is 2.91. The van der Waals surface area contributed by atoms with Crippen molar-refractivity contribution < 1.29 is 0 Å². The highest BCUT2D eigenvalue weighted by atomic mass is 32.1. The second-order valence-electron chi connectivity index (χ2n) is 5.78. The second-order valence-corrected chi connectivity index (χ2v) is 6.70. The highest BCUT2D eigenvalue weighted by Crippen LogP contribution is 2.30. The summed E-state index contributed by atoms with van der Waals surface area (Å²) in [4.78, 5) is 1.48. The number of nitrogens with one attached hydrogen (secondary N) is 1. The maximum atomic E-state index is 5.79. The molecular formula is C14H26N2S. The van der Waals surface area contributed by atoms with Gasteiger partial charge >= 0.3 is 0 Å². The summed E-state index contributed by atoms with van der Waals surface area (Å²) in [7, 11) is 0. The molecule has 0 amide bonds. The SMILES string of the molecule is Cc1ccsc1C(C)(C)CNC(CN)C(C)C. The molecule has 0 aliphatic heterocycles. The summed E-state index contributed by atoms with van der Waals surface area (Å²) >= 11 is 1.85. The molecule has 1 atom stereocenters. The number of aryl methyl sites for hydroxylation is 1. The van der Waals surface area contributed by atoms with Gasteiger partial charge in [0.1, 0.15) is 0 Å². The minimum Gasteiger partial charge on any atom is -0.329 e. The Hall–Kier alpha value is -0.380. The normalized spacial score (nSPS) is 14.3. The van der Waals surface area contributed by atoms with Crippen LogP contribution in [-0.4, -0.2) is 19.1 Å². The van der Waals surface area contributed by atoms with E-state index in [4.69, 9.17) is 5.73 Å². The Bertz CT molecular complexity index is 342. The maximum Gasteiger partial charge on any atom is 0.0213 e. The van der Waals surface area contributed by atoms with Crippen LogP contribution in [0.25, 0.3) is 0 Å². The summed E-state index contributed by atoms with van der Waals surface area (Å²) in [6.45, 7) is 12.9. The van der Waals surface area contributed by atoms with Gasteiger partial charge in [-0.15, -0.1) is 11.3 Å². The Morgan fingerprint density at radius 2 is 2.06 bits per heavy atom. The van der Waals surface area contributed by atoms with Crippen LogP contribution in [0.1, 0.15) is 38.1 Å². The van der Waals surface area contributed by atoms with Gasteiger partial charge in [0, 0.05) is 29.4 Å². The van der Waals surface area contributed by atoms with Crippen LogP contribution < -0.4 is 11.1 Å². The molecule has 0 bridgehead atoms. The lowest BCUT2D eigenvalue weighted by Gasteiger charge is -2.29. The van der Waals surface area contributed by atoms with Crippen molar-refractivity contribution >= 4 is 11.3 Å². The van der Waals surface area contributed by atoms with E-state index in [1.807, 2.05) is 11.3 Å². The van der Waals surface area contributed by atoms with E-state index in [0.717, 1.165) is 6.54 Å². The zero-order valence-electron chi connectivity index (χ0n) is 11.7. The number of thiophene rings is 1. The van der Waals surface area contributed by atoms with E-state index in [9.17, 15) is 0 Å². The molecule has 17 heavy (non-hydrogen) atoms. The van der Waals surface area contributed by atoms with Crippen molar-refractivity contribution in [2.75, 3.05) is 13.1 Å². The first-order valence-corrected chi connectivity index (χ1v) is 7.24. The molecule has 1 aromatic rings. The highest BCUT2D eigenvalue weighted by Gasteiger charge is 2.25. The first-order chi connectivity index (χ1) is 7.88.